The van der Waals surface area contributed by atoms with E-state index in [1.54, 1.807) is 7.11 Å². The minimum atomic E-state index is 0.0120. The molecule has 0 aliphatic rings. The summed E-state index contributed by atoms with van der Waals surface area (Å²) in [7, 11) is 3.66. The van der Waals surface area contributed by atoms with Crippen LogP contribution < -0.4 is 15.0 Å². The van der Waals surface area contributed by atoms with E-state index in [2.05, 4.69) is 37.4 Å². The zero-order valence-corrected chi connectivity index (χ0v) is 14.3. The van der Waals surface area contributed by atoms with E-state index in [9.17, 15) is 4.79 Å². The zero-order valence-electron chi connectivity index (χ0n) is 14.3. The summed E-state index contributed by atoms with van der Waals surface area (Å²) < 4.78 is 5.11. The molecule has 2 aromatic carbocycles. The first-order valence-corrected chi connectivity index (χ1v) is 7.79. The average Bonchev–Trinajstić information content (AvgIpc) is 2.51. The van der Waals surface area contributed by atoms with Crippen LogP contribution in [0.15, 0.2) is 42.5 Å². The fraction of sp³-hybridized carbons (Fsp3) is 0.316. The summed E-state index contributed by atoms with van der Waals surface area (Å²) in [6.45, 7) is 5.47. The Kier molecular flexibility index (Phi) is 5.77. The molecule has 1 unspecified atom stereocenters. The van der Waals surface area contributed by atoms with E-state index < -0.39 is 0 Å². The van der Waals surface area contributed by atoms with E-state index in [1.807, 2.05) is 31.3 Å². The fourth-order valence-corrected chi connectivity index (χ4v) is 2.53. The summed E-state index contributed by atoms with van der Waals surface area (Å²) in [6.07, 6.45) is 0. The first-order chi connectivity index (χ1) is 11.0. The second-order valence-electron chi connectivity index (χ2n) is 6.02. The molecular weight excluding hydrogens is 288 g/mol. The highest BCUT2D eigenvalue weighted by Gasteiger charge is 2.12. The van der Waals surface area contributed by atoms with E-state index >= 15 is 0 Å². The van der Waals surface area contributed by atoms with Crippen molar-refractivity contribution < 1.29 is 14.4 Å². The Morgan fingerprint density at radius 3 is 2.48 bits per heavy atom. The lowest BCUT2D eigenvalue weighted by Crippen LogP contribution is -3.08. The van der Waals surface area contributed by atoms with Crippen molar-refractivity contribution in [1.82, 2.24) is 0 Å². The number of amides is 1. The molecule has 0 aliphatic carbocycles. The van der Waals surface area contributed by atoms with E-state index in [4.69, 9.17) is 4.74 Å². The maximum Gasteiger partial charge on any atom is 0.279 e. The van der Waals surface area contributed by atoms with Crippen LogP contribution in [0.5, 0.6) is 5.75 Å². The van der Waals surface area contributed by atoms with Crippen LogP contribution in [0.1, 0.15) is 16.7 Å². The third kappa shape index (κ3) is 5.11. The van der Waals surface area contributed by atoms with E-state index in [1.165, 1.54) is 16.7 Å². The highest BCUT2D eigenvalue weighted by Crippen LogP contribution is 2.14. The van der Waals surface area contributed by atoms with Crippen LogP contribution in [0, 0.1) is 13.8 Å². The molecule has 4 heteroatoms. The van der Waals surface area contributed by atoms with Gasteiger partial charge in [0.1, 0.15) is 12.3 Å². The molecule has 23 heavy (non-hydrogen) atoms. The molecule has 0 heterocycles. The van der Waals surface area contributed by atoms with Gasteiger partial charge in [0.05, 0.1) is 14.2 Å². The van der Waals surface area contributed by atoms with Crippen molar-refractivity contribution in [3.63, 3.8) is 0 Å². The van der Waals surface area contributed by atoms with Gasteiger partial charge in [0.15, 0.2) is 6.54 Å². The van der Waals surface area contributed by atoms with Crippen molar-refractivity contribution in [1.29, 1.82) is 0 Å². The molecule has 0 fully saturated rings. The number of aryl methyl sites for hydroxylation is 2. The third-order valence-electron chi connectivity index (χ3n) is 3.83. The first kappa shape index (κ1) is 17.0. The van der Waals surface area contributed by atoms with Gasteiger partial charge < -0.3 is 15.0 Å². The van der Waals surface area contributed by atoms with Crippen molar-refractivity contribution >= 4 is 11.6 Å². The molecular formula is C19H25N2O2+. The van der Waals surface area contributed by atoms with Crippen molar-refractivity contribution in [3.8, 4) is 5.75 Å². The topological polar surface area (TPSA) is 42.8 Å². The number of carbonyl (C=O) groups is 1. The molecule has 0 saturated carbocycles. The number of likely N-dealkylation sites (N-methyl/N-ethyl adjacent to an activating group) is 1. The molecule has 0 radical (unpaired) electrons. The van der Waals surface area contributed by atoms with Gasteiger partial charge >= 0.3 is 0 Å². The Morgan fingerprint density at radius 2 is 1.83 bits per heavy atom. The second-order valence-corrected chi connectivity index (χ2v) is 6.02. The lowest BCUT2D eigenvalue weighted by molar-refractivity contribution is -0.885. The number of hydrogen-bond acceptors (Lipinski definition) is 2. The predicted octanol–water partition coefficient (Wildman–Crippen LogP) is 1.97. The molecule has 0 saturated heterocycles. The monoisotopic (exact) mass is 313 g/mol. The Bertz CT molecular complexity index is 666. The van der Waals surface area contributed by atoms with Crippen LogP contribution in [0.4, 0.5) is 5.69 Å². The average molecular weight is 313 g/mol. The first-order valence-electron chi connectivity index (χ1n) is 7.79. The summed E-state index contributed by atoms with van der Waals surface area (Å²) in [5.41, 5.74) is 4.60. The maximum absolute atomic E-state index is 12.2. The lowest BCUT2D eigenvalue weighted by Gasteiger charge is -2.16. The van der Waals surface area contributed by atoms with E-state index in [0.717, 1.165) is 22.9 Å². The van der Waals surface area contributed by atoms with Crippen LogP contribution in [0.25, 0.3) is 0 Å². The molecule has 0 bridgehead atoms. The largest absolute Gasteiger partial charge is 0.497 e. The number of quaternary nitrogens is 1. The normalized spacial score (nSPS) is 11.8. The molecule has 2 aromatic rings. The molecule has 0 spiro atoms. The molecule has 122 valence electrons. The van der Waals surface area contributed by atoms with Crippen LogP contribution in [-0.2, 0) is 11.3 Å². The van der Waals surface area contributed by atoms with Crippen LogP contribution in [-0.4, -0.2) is 26.6 Å². The van der Waals surface area contributed by atoms with Crippen LogP contribution in [0.3, 0.4) is 0 Å². The Morgan fingerprint density at radius 1 is 1.13 bits per heavy atom. The van der Waals surface area contributed by atoms with Gasteiger partial charge in [0.25, 0.3) is 5.91 Å². The molecule has 2 N–H and O–H groups in total. The Labute approximate surface area is 138 Å². The number of ether oxygens (including phenoxy) is 1. The Balaban J connectivity index is 1.90. The number of rotatable bonds is 6. The lowest BCUT2D eigenvalue weighted by atomic mass is 10.1. The quantitative estimate of drug-likeness (QED) is 0.856. The smallest absolute Gasteiger partial charge is 0.279 e. The molecule has 1 atom stereocenters. The van der Waals surface area contributed by atoms with Gasteiger partial charge in [-0.1, -0.05) is 23.8 Å². The minimum absolute atomic E-state index is 0.0120. The Hall–Kier alpha value is -2.33. The maximum atomic E-state index is 12.2. The third-order valence-corrected chi connectivity index (χ3v) is 3.83. The summed E-state index contributed by atoms with van der Waals surface area (Å²) >= 11 is 0. The SMILES string of the molecule is COc1ccc(NC(=O)C[NH+](C)Cc2cc(C)ccc2C)cc1. The second kappa shape index (κ2) is 7.79. The van der Waals surface area contributed by atoms with Gasteiger partial charge in [-0.05, 0) is 43.7 Å². The highest BCUT2D eigenvalue weighted by molar-refractivity contribution is 5.91. The number of anilines is 1. The minimum Gasteiger partial charge on any atom is -0.497 e. The zero-order chi connectivity index (χ0) is 16.8. The number of methoxy groups -OCH3 is 1. The van der Waals surface area contributed by atoms with Crippen molar-refractivity contribution in [2.24, 2.45) is 0 Å². The summed E-state index contributed by atoms with van der Waals surface area (Å²) in [5, 5.41) is 2.92. The predicted molar refractivity (Wildman–Crippen MR) is 93.0 cm³/mol. The van der Waals surface area contributed by atoms with Crippen molar-refractivity contribution in [3.05, 3.63) is 59.2 Å². The molecule has 0 aliphatic heterocycles. The number of carbonyl (C=O) groups excluding carboxylic acids is 1. The van der Waals surface area contributed by atoms with Gasteiger partial charge in [-0.15, -0.1) is 0 Å². The molecule has 1 amide bonds. The molecule has 0 aromatic heterocycles. The van der Waals surface area contributed by atoms with Crippen molar-refractivity contribution in [2.75, 3.05) is 26.0 Å². The number of nitrogens with one attached hydrogen (secondary N) is 2. The summed E-state index contributed by atoms with van der Waals surface area (Å²) in [5.74, 6) is 0.790. The van der Waals surface area contributed by atoms with Gasteiger partial charge in [0.2, 0.25) is 0 Å². The molecule has 2 rings (SSSR count). The van der Waals surface area contributed by atoms with Gasteiger partial charge in [-0.3, -0.25) is 4.79 Å². The van der Waals surface area contributed by atoms with Gasteiger partial charge in [-0.25, -0.2) is 0 Å². The van der Waals surface area contributed by atoms with Crippen LogP contribution >= 0.6 is 0 Å². The van der Waals surface area contributed by atoms with E-state index in [0.29, 0.717) is 6.54 Å². The van der Waals surface area contributed by atoms with E-state index in [-0.39, 0.29) is 5.91 Å². The fourth-order valence-electron chi connectivity index (χ4n) is 2.53. The van der Waals surface area contributed by atoms with Gasteiger partial charge in [-0.2, -0.15) is 0 Å². The summed E-state index contributed by atoms with van der Waals surface area (Å²) in [4.78, 5) is 13.3. The number of benzene rings is 2. The van der Waals surface area contributed by atoms with Crippen LogP contribution in [0.2, 0.25) is 0 Å². The summed E-state index contributed by atoms with van der Waals surface area (Å²) in [6, 6.07) is 13.8. The van der Waals surface area contributed by atoms with Gasteiger partial charge in [0, 0.05) is 11.3 Å². The number of hydrogen-bond donors (Lipinski definition) is 2. The standard InChI is InChI=1S/C19H24N2O2/c1-14-5-6-15(2)16(11-14)12-21(3)13-19(22)20-17-7-9-18(23-4)10-8-17/h5-11H,12-13H2,1-4H3,(H,20,22)/p+1. The van der Waals surface area contributed by atoms with Crippen molar-refractivity contribution in [2.45, 2.75) is 20.4 Å². The molecule has 4 nitrogen and oxygen atoms in total. The highest BCUT2D eigenvalue weighted by atomic mass is 16.5.